The van der Waals surface area contributed by atoms with Gasteiger partial charge in [-0.3, -0.25) is 9.59 Å². The molecule has 2 N–H and O–H groups in total. The van der Waals surface area contributed by atoms with Gasteiger partial charge in [0.25, 0.3) is 0 Å². The van der Waals surface area contributed by atoms with E-state index < -0.39 is 17.8 Å². The van der Waals surface area contributed by atoms with E-state index in [-0.39, 0.29) is 17.9 Å². The molecule has 0 heterocycles. The number of amides is 2. The summed E-state index contributed by atoms with van der Waals surface area (Å²) in [6, 6.07) is 20.1. The van der Waals surface area contributed by atoms with Crippen LogP contribution in [0.1, 0.15) is 21.5 Å². The second-order valence-electron chi connectivity index (χ2n) is 6.96. The molecule has 10 heteroatoms. The number of nitrogens with one attached hydrogen (secondary N) is 2. The van der Waals surface area contributed by atoms with E-state index in [0.29, 0.717) is 21.3 Å². The quantitative estimate of drug-likeness (QED) is 0.156. The number of nitriles is 1. The molecule has 3 rings (SSSR count). The van der Waals surface area contributed by atoms with E-state index in [4.69, 9.17) is 14.7 Å². The number of benzene rings is 3. The first kappa shape index (κ1) is 25.1. The monoisotopic (exact) mass is 534 g/mol. The van der Waals surface area contributed by atoms with Crippen molar-refractivity contribution >= 4 is 45.6 Å². The molecule has 0 atom stereocenters. The zero-order valence-corrected chi connectivity index (χ0v) is 20.0. The Labute approximate surface area is 209 Å². The Bertz CT molecular complexity index is 1320. The lowest BCUT2D eigenvalue weighted by molar-refractivity contribution is -0.136. The van der Waals surface area contributed by atoms with Gasteiger partial charge in [0.15, 0.2) is 11.5 Å². The number of esters is 1. The maximum Gasteiger partial charge on any atom is 0.344 e. The Morgan fingerprint density at radius 1 is 1.03 bits per heavy atom. The summed E-state index contributed by atoms with van der Waals surface area (Å²) in [5.41, 5.74) is 4.23. The first-order chi connectivity index (χ1) is 16.9. The van der Waals surface area contributed by atoms with E-state index in [1.54, 1.807) is 60.7 Å². The maximum atomic E-state index is 12.4. The van der Waals surface area contributed by atoms with Crippen LogP contribution in [0, 0.1) is 11.3 Å². The van der Waals surface area contributed by atoms with E-state index in [9.17, 15) is 14.4 Å². The largest absolute Gasteiger partial charge is 0.493 e. The molecule has 0 aromatic heterocycles. The average molecular weight is 535 g/mol. The molecular formula is C25H19BrN4O5. The van der Waals surface area contributed by atoms with Crippen molar-refractivity contribution in [3.63, 3.8) is 0 Å². The minimum absolute atomic E-state index is 0.203. The zero-order chi connectivity index (χ0) is 25.2. The molecule has 0 aliphatic rings. The summed E-state index contributed by atoms with van der Waals surface area (Å²) < 4.78 is 11.3. The Kier molecular flexibility index (Phi) is 8.70. The summed E-state index contributed by atoms with van der Waals surface area (Å²) in [7, 11) is 1.42. The minimum atomic E-state index is -0.965. The molecule has 0 radical (unpaired) electrons. The fourth-order valence-corrected chi connectivity index (χ4v) is 3.28. The number of hydrogen-bond acceptors (Lipinski definition) is 7. The topological polar surface area (TPSA) is 130 Å². The summed E-state index contributed by atoms with van der Waals surface area (Å²) in [5, 5.41) is 14.9. The molecule has 0 saturated heterocycles. The Balaban J connectivity index is 1.59. The Hall–Kier alpha value is -4.49. The van der Waals surface area contributed by atoms with E-state index in [1.165, 1.54) is 19.4 Å². The number of halogens is 1. The van der Waals surface area contributed by atoms with Gasteiger partial charge in [0, 0.05) is 10.2 Å². The standard InChI is InChI=1S/C25H19BrN4O5/c1-34-22-14-17(8-11-21(22)35-25(33)19-4-2-3-5-20(19)26)15-28-30-24(32)23(31)29-18-9-6-16(7-10-18)12-13-27/h2-11,14-15H,12H2,1H3,(H,29,31)(H,30,32). The third kappa shape index (κ3) is 6.99. The van der Waals surface area contributed by atoms with Crippen LogP contribution in [0.4, 0.5) is 5.69 Å². The Morgan fingerprint density at radius 3 is 2.46 bits per heavy atom. The van der Waals surface area contributed by atoms with Crippen molar-refractivity contribution in [2.45, 2.75) is 6.42 Å². The highest BCUT2D eigenvalue weighted by molar-refractivity contribution is 9.10. The van der Waals surface area contributed by atoms with E-state index in [1.807, 2.05) is 6.07 Å². The van der Waals surface area contributed by atoms with Gasteiger partial charge < -0.3 is 14.8 Å². The van der Waals surface area contributed by atoms with Crippen LogP contribution in [0.2, 0.25) is 0 Å². The first-order valence-electron chi connectivity index (χ1n) is 10.2. The van der Waals surface area contributed by atoms with Crippen LogP contribution in [0.5, 0.6) is 11.5 Å². The van der Waals surface area contributed by atoms with Gasteiger partial charge in [-0.25, -0.2) is 10.2 Å². The third-order valence-corrected chi connectivity index (χ3v) is 5.26. The van der Waals surface area contributed by atoms with Crippen LogP contribution in [0.15, 0.2) is 76.3 Å². The molecule has 176 valence electrons. The predicted molar refractivity (Wildman–Crippen MR) is 132 cm³/mol. The molecule has 35 heavy (non-hydrogen) atoms. The van der Waals surface area contributed by atoms with Gasteiger partial charge in [-0.1, -0.05) is 24.3 Å². The highest BCUT2D eigenvalue weighted by atomic mass is 79.9. The summed E-state index contributed by atoms with van der Waals surface area (Å²) in [5.74, 6) is -1.95. The van der Waals surface area contributed by atoms with Crippen molar-refractivity contribution in [2.75, 3.05) is 12.4 Å². The number of methoxy groups -OCH3 is 1. The molecule has 0 aliphatic carbocycles. The molecular weight excluding hydrogens is 516 g/mol. The molecule has 0 spiro atoms. The van der Waals surface area contributed by atoms with Gasteiger partial charge in [0.2, 0.25) is 0 Å². The molecule has 0 bridgehead atoms. The highest BCUT2D eigenvalue weighted by Crippen LogP contribution is 2.29. The molecule has 9 nitrogen and oxygen atoms in total. The molecule has 2 amide bonds. The van der Waals surface area contributed by atoms with E-state index in [0.717, 1.165) is 5.56 Å². The van der Waals surface area contributed by atoms with Crippen molar-refractivity contribution < 1.29 is 23.9 Å². The van der Waals surface area contributed by atoms with Crippen LogP contribution in [-0.4, -0.2) is 31.1 Å². The van der Waals surface area contributed by atoms with Gasteiger partial charge in [0.05, 0.1) is 31.4 Å². The molecule has 0 unspecified atom stereocenters. The third-order valence-electron chi connectivity index (χ3n) is 4.57. The van der Waals surface area contributed by atoms with Gasteiger partial charge in [0.1, 0.15) is 0 Å². The van der Waals surface area contributed by atoms with Crippen molar-refractivity contribution in [2.24, 2.45) is 5.10 Å². The van der Waals surface area contributed by atoms with Gasteiger partial charge >= 0.3 is 17.8 Å². The SMILES string of the molecule is COc1cc(C=NNC(=O)C(=O)Nc2ccc(CC#N)cc2)ccc1OC(=O)c1ccccc1Br. The lowest BCUT2D eigenvalue weighted by Gasteiger charge is -2.10. The predicted octanol–water partition coefficient (Wildman–Crippen LogP) is 3.83. The van der Waals surface area contributed by atoms with Crippen LogP contribution in [-0.2, 0) is 16.0 Å². The zero-order valence-electron chi connectivity index (χ0n) is 18.4. The highest BCUT2D eigenvalue weighted by Gasteiger charge is 2.16. The minimum Gasteiger partial charge on any atom is -0.493 e. The summed E-state index contributed by atoms with van der Waals surface area (Å²) in [6.45, 7) is 0. The van der Waals surface area contributed by atoms with Crippen LogP contribution < -0.4 is 20.2 Å². The number of carbonyl (C=O) groups excluding carboxylic acids is 3. The summed E-state index contributed by atoms with van der Waals surface area (Å²) in [6.07, 6.45) is 1.56. The van der Waals surface area contributed by atoms with Gasteiger partial charge in [-0.05, 0) is 69.5 Å². The fraction of sp³-hybridized carbons (Fsp3) is 0.0800. The van der Waals surface area contributed by atoms with Crippen LogP contribution >= 0.6 is 15.9 Å². The van der Waals surface area contributed by atoms with Gasteiger partial charge in [-0.15, -0.1) is 0 Å². The number of ether oxygens (including phenoxy) is 2. The maximum absolute atomic E-state index is 12.4. The van der Waals surface area contributed by atoms with E-state index >= 15 is 0 Å². The van der Waals surface area contributed by atoms with Crippen LogP contribution in [0.3, 0.4) is 0 Å². The number of hydrazone groups is 1. The number of carbonyl (C=O) groups is 3. The second kappa shape index (κ2) is 12.1. The lowest BCUT2D eigenvalue weighted by Crippen LogP contribution is -2.32. The normalized spacial score (nSPS) is 10.3. The van der Waals surface area contributed by atoms with Crippen molar-refractivity contribution in [3.8, 4) is 17.6 Å². The number of anilines is 1. The number of rotatable bonds is 7. The van der Waals surface area contributed by atoms with E-state index in [2.05, 4.69) is 31.8 Å². The second-order valence-corrected chi connectivity index (χ2v) is 7.82. The van der Waals surface area contributed by atoms with Crippen molar-refractivity contribution in [1.29, 1.82) is 5.26 Å². The lowest BCUT2D eigenvalue weighted by atomic mass is 10.1. The molecule has 3 aromatic carbocycles. The van der Waals surface area contributed by atoms with Crippen molar-refractivity contribution in [3.05, 3.63) is 87.9 Å². The molecule has 0 aliphatic heterocycles. The van der Waals surface area contributed by atoms with Gasteiger partial charge in [-0.2, -0.15) is 10.4 Å². The average Bonchev–Trinajstić information content (AvgIpc) is 2.86. The first-order valence-corrected chi connectivity index (χ1v) is 11.0. The number of nitrogens with zero attached hydrogens (tertiary/aromatic N) is 2. The fourth-order valence-electron chi connectivity index (χ4n) is 2.83. The Morgan fingerprint density at radius 2 is 1.77 bits per heavy atom. The smallest absolute Gasteiger partial charge is 0.344 e. The summed E-state index contributed by atoms with van der Waals surface area (Å²) in [4.78, 5) is 36.5. The summed E-state index contributed by atoms with van der Waals surface area (Å²) >= 11 is 3.31. The van der Waals surface area contributed by atoms with Crippen LogP contribution in [0.25, 0.3) is 0 Å². The molecule has 3 aromatic rings. The molecule has 0 fully saturated rings. The van der Waals surface area contributed by atoms with Crippen molar-refractivity contribution in [1.82, 2.24) is 5.43 Å². The molecule has 0 saturated carbocycles. The number of hydrogen-bond donors (Lipinski definition) is 2.